The lowest BCUT2D eigenvalue weighted by Gasteiger charge is -2.15. The van der Waals surface area contributed by atoms with Crippen molar-refractivity contribution in [3.63, 3.8) is 0 Å². The number of hydrogen-bond acceptors (Lipinski definition) is 5. The Hall–Kier alpha value is -0.780. The Morgan fingerprint density at radius 3 is 2.64 bits per heavy atom. The fourth-order valence-corrected chi connectivity index (χ4v) is 1.25. The van der Waals surface area contributed by atoms with E-state index in [1.165, 1.54) is 0 Å². The number of thiol groups is 1. The van der Waals surface area contributed by atoms with Gasteiger partial charge in [0.1, 0.15) is 6.10 Å². The van der Waals surface area contributed by atoms with E-state index in [1.807, 2.05) is 0 Å². The first-order valence-electron chi connectivity index (χ1n) is 4.26. The first kappa shape index (κ1) is 11.3. The first-order chi connectivity index (χ1) is 6.56. The summed E-state index contributed by atoms with van der Waals surface area (Å²) in [6, 6.07) is 3.26. The van der Waals surface area contributed by atoms with Crippen molar-refractivity contribution in [1.29, 1.82) is 0 Å². The van der Waals surface area contributed by atoms with Gasteiger partial charge >= 0.3 is 0 Å². The Bertz CT molecular complexity index is 320. The van der Waals surface area contributed by atoms with Crippen molar-refractivity contribution in [1.82, 2.24) is 4.98 Å². The summed E-state index contributed by atoms with van der Waals surface area (Å²) < 4.78 is 0. The van der Waals surface area contributed by atoms with E-state index in [2.05, 4.69) is 17.6 Å². The molecule has 0 bridgehead atoms. The molecule has 78 valence electrons. The molecule has 0 aliphatic rings. The van der Waals surface area contributed by atoms with Crippen LogP contribution in [-0.4, -0.2) is 27.1 Å². The van der Waals surface area contributed by atoms with Gasteiger partial charge in [-0.05, 0) is 19.1 Å². The van der Waals surface area contributed by atoms with E-state index in [4.69, 9.17) is 5.73 Å². The van der Waals surface area contributed by atoms with Gasteiger partial charge in [-0.2, -0.15) is 12.6 Å². The summed E-state index contributed by atoms with van der Waals surface area (Å²) in [6.07, 6.45) is -1.92. The Morgan fingerprint density at radius 2 is 2.14 bits per heavy atom. The predicted octanol–water partition coefficient (Wildman–Crippen LogP) is 0.296. The predicted molar refractivity (Wildman–Crippen MR) is 58.2 cm³/mol. The molecule has 2 unspecified atom stereocenters. The van der Waals surface area contributed by atoms with Crippen LogP contribution in [0.2, 0.25) is 0 Å². The molecule has 0 spiro atoms. The Morgan fingerprint density at radius 1 is 1.50 bits per heavy atom. The molecule has 0 aromatic carbocycles. The highest BCUT2D eigenvalue weighted by atomic mass is 32.1. The fraction of sp³-hybridized carbons (Fsp3) is 0.444. The van der Waals surface area contributed by atoms with Crippen LogP contribution in [0.3, 0.4) is 0 Å². The molecule has 0 aliphatic heterocycles. The highest BCUT2D eigenvalue weighted by Gasteiger charge is 2.18. The molecule has 0 saturated heterocycles. The molecule has 5 heteroatoms. The molecule has 0 radical (unpaired) electrons. The van der Waals surface area contributed by atoms with E-state index in [0.29, 0.717) is 17.1 Å². The topological polar surface area (TPSA) is 79.4 Å². The van der Waals surface area contributed by atoms with Crippen LogP contribution in [0.25, 0.3) is 0 Å². The van der Waals surface area contributed by atoms with Crippen LogP contribution in [0.15, 0.2) is 12.1 Å². The Labute approximate surface area is 88.2 Å². The van der Waals surface area contributed by atoms with Gasteiger partial charge in [-0.1, -0.05) is 0 Å². The highest BCUT2D eigenvalue weighted by Crippen LogP contribution is 2.18. The van der Waals surface area contributed by atoms with Gasteiger partial charge in [0.05, 0.1) is 23.2 Å². The maximum Gasteiger partial charge on any atom is 0.123 e. The SMILES string of the molecule is Cc1nc(C(O)C(O)CS)ccc1N. The van der Waals surface area contributed by atoms with Crippen molar-refractivity contribution in [2.75, 3.05) is 11.5 Å². The Balaban J connectivity index is 2.91. The molecule has 0 amide bonds. The van der Waals surface area contributed by atoms with Gasteiger partial charge in [-0.15, -0.1) is 0 Å². The van der Waals surface area contributed by atoms with Crippen LogP contribution in [0.5, 0.6) is 0 Å². The minimum Gasteiger partial charge on any atom is -0.397 e. The number of nitrogen functional groups attached to an aromatic ring is 1. The molecule has 0 fully saturated rings. The number of pyridine rings is 1. The minimum absolute atomic E-state index is 0.187. The van der Waals surface area contributed by atoms with Gasteiger partial charge in [0, 0.05) is 5.75 Å². The molecule has 4 N–H and O–H groups in total. The molecule has 0 aliphatic carbocycles. The number of rotatable bonds is 3. The molecular formula is C9H14N2O2S. The van der Waals surface area contributed by atoms with E-state index in [0.717, 1.165) is 0 Å². The lowest BCUT2D eigenvalue weighted by atomic mass is 10.1. The smallest absolute Gasteiger partial charge is 0.123 e. The maximum absolute atomic E-state index is 9.60. The largest absolute Gasteiger partial charge is 0.397 e. The quantitative estimate of drug-likeness (QED) is 0.546. The van der Waals surface area contributed by atoms with Gasteiger partial charge in [0.15, 0.2) is 0 Å². The Kier molecular flexibility index (Phi) is 3.74. The number of aliphatic hydroxyl groups is 2. The summed E-state index contributed by atoms with van der Waals surface area (Å²) >= 11 is 3.89. The number of hydrogen-bond donors (Lipinski definition) is 4. The van der Waals surface area contributed by atoms with Crippen molar-refractivity contribution in [3.05, 3.63) is 23.5 Å². The molecule has 2 atom stereocenters. The molecule has 14 heavy (non-hydrogen) atoms. The van der Waals surface area contributed by atoms with Gasteiger partial charge in [0.25, 0.3) is 0 Å². The van der Waals surface area contributed by atoms with E-state index < -0.39 is 12.2 Å². The van der Waals surface area contributed by atoms with Gasteiger partial charge in [0.2, 0.25) is 0 Å². The van der Waals surface area contributed by atoms with Crippen LogP contribution in [-0.2, 0) is 0 Å². The van der Waals surface area contributed by atoms with Crippen molar-refractivity contribution < 1.29 is 10.2 Å². The summed E-state index contributed by atoms with van der Waals surface area (Å²) in [6.45, 7) is 1.75. The highest BCUT2D eigenvalue weighted by molar-refractivity contribution is 7.80. The number of nitrogens with two attached hydrogens (primary N) is 1. The molecule has 0 saturated carbocycles. The van der Waals surface area contributed by atoms with Gasteiger partial charge < -0.3 is 15.9 Å². The van der Waals surface area contributed by atoms with Crippen LogP contribution in [0.1, 0.15) is 17.5 Å². The summed E-state index contributed by atoms with van der Waals surface area (Å²) in [4.78, 5) is 4.07. The van der Waals surface area contributed by atoms with E-state index >= 15 is 0 Å². The fourth-order valence-electron chi connectivity index (χ4n) is 1.05. The van der Waals surface area contributed by atoms with Crippen molar-refractivity contribution in [2.24, 2.45) is 0 Å². The normalized spacial score (nSPS) is 15.1. The van der Waals surface area contributed by atoms with Crippen LogP contribution in [0.4, 0.5) is 5.69 Å². The van der Waals surface area contributed by atoms with Gasteiger partial charge in [-0.25, -0.2) is 0 Å². The molecular weight excluding hydrogens is 200 g/mol. The van der Waals surface area contributed by atoms with Crippen LogP contribution in [0, 0.1) is 6.92 Å². The molecule has 4 nitrogen and oxygen atoms in total. The zero-order valence-corrected chi connectivity index (χ0v) is 8.78. The third-order valence-corrected chi connectivity index (χ3v) is 2.38. The third-order valence-electron chi connectivity index (χ3n) is 2.00. The summed E-state index contributed by atoms with van der Waals surface area (Å²) in [5.41, 5.74) is 7.21. The third kappa shape index (κ3) is 2.37. The standard InChI is InChI=1S/C9H14N2O2S/c1-5-6(10)2-3-7(11-5)9(13)8(12)4-14/h2-3,8-9,12-14H,4,10H2,1H3. The number of aromatic nitrogens is 1. The number of anilines is 1. The van der Waals surface area contributed by atoms with Crippen LogP contribution < -0.4 is 5.73 Å². The van der Waals surface area contributed by atoms with E-state index in [9.17, 15) is 10.2 Å². The maximum atomic E-state index is 9.60. The second-order valence-electron chi connectivity index (χ2n) is 3.11. The van der Waals surface area contributed by atoms with Crippen molar-refractivity contribution >= 4 is 18.3 Å². The number of aliphatic hydroxyl groups excluding tert-OH is 2. The van der Waals surface area contributed by atoms with Crippen molar-refractivity contribution in [3.8, 4) is 0 Å². The number of nitrogens with zero attached hydrogens (tertiary/aromatic N) is 1. The molecule has 1 aromatic heterocycles. The lowest BCUT2D eigenvalue weighted by Crippen LogP contribution is -2.21. The average Bonchev–Trinajstić information content (AvgIpc) is 2.20. The van der Waals surface area contributed by atoms with Crippen LogP contribution >= 0.6 is 12.6 Å². The monoisotopic (exact) mass is 214 g/mol. The second-order valence-corrected chi connectivity index (χ2v) is 3.47. The van der Waals surface area contributed by atoms with Gasteiger partial charge in [-0.3, -0.25) is 4.98 Å². The molecule has 1 rings (SSSR count). The van der Waals surface area contributed by atoms with E-state index in [1.54, 1.807) is 19.1 Å². The first-order valence-corrected chi connectivity index (χ1v) is 4.89. The number of aryl methyl sites for hydroxylation is 1. The van der Waals surface area contributed by atoms with Crippen molar-refractivity contribution in [2.45, 2.75) is 19.1 Å². The zero-order chi connectivity index (χ0) is 10.7. The zero-order valence-electron chi connectivity index (χ0n) is 7.88. The minimum atomic E-state index is -1.01. The average molecular weight is 214 g/mol. The lowest BCUT2D eigenvalue weighted by molar-refractivity contribution is 0.0310. The summed E-state index contributed by atoms with van der Waals surface area (Å²) in [5, 5.41) is 18.9. The van der Waals surface area contributed by atoms with E-state index in [-0.39, 0.29) is 5.75 Å². The molecule has 1 aromatic rings. The molecule has 1 heterocycles. The summed E-state index contributed by atoms with van der Waals surface area (Å²) in [5.74, 6) is 0.187. The second kappa shape index (κ2) is 4.63. The summed E-state index contributed by atoms with van der Waals surface area (Å²) in [7, 11) is 0.